The van der Waals surface area contributed by atoms with Gasteiger partial charge in [-0.25, -0.2) is 13.4 Å². The maximum absolute atomic E-state index is 13.2. The molecule has 38 heavy (non-hydrogen) atoms. The first kappa shape index (κ1) is 25.4. The molecule has 1 unspecified atom stereocenters. The highest BCUT2D eigenvalue weighted by Crippen LogP contribution is 2.32. The molecule has 2 aliphatic rings. The second kappa shape index (κ2) is 10.7. The number of methoxy groups -OCH3 is 1. The number of hydrogen-bond acceptors (Lipinski definition) is 9. The van der Waals surface area contributed by atoms with Crippen molar-refractivity contribution in [3.8, 4) is 17.2 Å². The molecule has 0 amide bonds. The van der Waals surface area contributed by atoms with Crippen LogP contribution < -0.4 is 4.74 Å². The zero-order chi connectivity index (χ0) is 26.1. The Morgan fingerprint density at radius 2 is 1.95 bits per heavy atom. The smallest absolute Gasteiger partial charge is 0.261 e. The van der Waals surface area contributed by atoms with E-state index in [0.29, 0.717) is 48.4 Å². The number of hydrogen-bond donors (Lipinski definition) is 0. The van der Waals surface area contributed by atoms with Crippen molar-refractivity contribution >= 4 is 32.8 Å². The van der Waals surface area contributed by atoms with Crippen LogP contribution in [0.15, 0.2) is 57.0 Å². The number of para-hydroxylation sites is 1. The highest BCUT2D eigenvalue weighted by molar-refractivity contribution is 7.98. The van der Waals surface area contributed by atoms with Crippen LogP contribution in [0.2, 0.25) is 0 Å². The van der Waals surface area contributed by atoms with E-state index in [1.165, 1.54) is 11.8 Å². The highest BCUT2D eigenvalue weighted by atomic mass is 32.2. The monoisotopic (exact) mass is 555 g/mol. The number of benzene rings is 2. The van der Waals surface area contributed by atoms with Crippen LogP contribution in [-0.2, 0) is 27.1 Å². The van der Waals surface area contributed by atoms with Gasteiger partial charge in [-0.05, 0) is 56.0 Å². The number of aromatic nitrogens is 4. The van der Waals surface area contributed by atoms with Gasteiger partial charge in [0.1, 0.15) is 5.75 Å². The predicted octanol–water partition coefficient (Wildman–Crippen LogP) is 4.35. The molecule has 4 heterocycles. The lowest BCUT2D eigenvalue weighted by molar-refractivity contribution is 0.0960. The number of imidazole rings is 1. The Kier molecular flexibility index (Phi) is 7.12. The molecule has 10 nitrogen and oxygen atoms in total. The third-order valence-corrected chi connectivity index (χ3v) is 9.80. The molecule has 0 saturated carbocycles. The summed E-state index contributed by atoms with van der Waals surface area (Å²) in [5, 5.41) is 4.91. The van der Waals surface area contributed by atoms with Crippen molar-refractivity contribution in [3.05, 3.63) is 48.3 Å². The van der Waals surface area contributed by atoms with Gasteiger partial charge in [0, 0.05) is 19.7 Å². The summed E-state index contributed by atoms with van der Waals surface area (Å²) in [4.78, 5) is 9.68. The third-order valence-electron chi connectivity index (χ3n) is 6.93. The lowest BCUT2D eigenvalue weighted by atomic mass is 10.2. The van der Waals surface area contributed by atoms with Gasteiger partial charge >= 0.3 is 0 Å². The number of thioether (sulfide) groups is 1. The molecule has 200 valence electrons. The second-order valence-electron chi connectivity index (χ2n) is 9.41. The lowest BCUT2D eigenvalue weighted by Gasteiger charge is -2.16. The Bertz CT molecular complexity index is 1540. The van der Waals surface area contributed by atoms with Gasteiger partial charge in [-0.3, -0.25) is 0 Å². The molecule has 12 heteroatoms. The molecule has 2 aromatic heterocycles. The van der Waals surface area contributed by atoms with Crippen molar-refractivity contribution in [2.45, 2.75) is 54.1 Å². The molecule has 6 rings (SSSR count). The number of sulfonamides is 1. The minimum absolute atomic E-state index is 0.0992. The average Bonchev–Trinajstić information content (AvgIpc) is 3.75. The summed E-state index contributed by atoms with van der Waals surface area (Å²) < 4.78 is 46.8. The van der Waals surface area contributed by atoms with E-state index in [1.54, 1.807) is 23.5 Å². The van der Waals surface area contributed by atoms with Gasteiger partial charge in [-0.15, -0.1) is 0 Å². The van der Waals surface area contributed by atoms with Gasteiger partial charge in [0.15, 0.2) is 11.0 Å². The fraction of sp³-hybridized carbons (Fsp3) is 0.423. The van der Waals surface area contributed by atoms with Crippen molar-refractivity contribution in [1.29, 1.82) is 0 Å². The van der Waals surface area contributed by atoms with Gasteiger partial charge in [-0.2, -0.15) is 9.29 Å². The van der Waals surface area contributed by atoms with E-state index in [2.05, 4.69) is 14.7 Å². The third kappa shape index (κ3) is 4.93. The summed E-state index contributed by atoms with van der Waals surface area (Å²) >= 11 is 1.49. The van der Waals surface area contributed by atoms with Crippen molar-refractivity contribution in [3.63, 3.8) is 0 Å². The second-order valence-corrected chi connectivity index (χ2v) is 12.3. The van der Waals surface area contributed by atoms with Gasteiger partial charge in [-0.1, -0.05) is 29.1 Å². The largest absolute Gasteiger partial charge is 0.496 e. The van der Waals surface area contributed by atoms with Crippen LogP contribution >= 0.6 is 11.8 Å². The molecular formula is C26H29N5O5S2. The molecule has 2 aliphatic heterocycles. The van der Waals surface area contributed by atoms with Crippen LogP contribution in [-0.4, -0.2) is 65.3 Å². The number of ether oxygens (including phenoxy) is 2. The van der Waals surface area contributed by atoms with E-state index in [1.807, 2.05) is 30.3 Å². The van der Waals surface area contributed by atoms with E-state index in [9.17, 15) is 8.42 Å². The van der Waals surface area contributed by atoms with Gasteiger partial charge in [0.05, 0.1) is 47.0 Å². The Morgan fingerprint density at radius 3 is 2.74 bits per heavy atom. The van der Waals surface area contributed by atoms with Crippen molar-refractivity contribution in [1.82, 2.24) is 24.0 Å². The summed E-state index contributed by atoms with van der Waals surface area (Å²) in [6, 6.07) is 12.7. The van der Waals surface area contributed by atoms with Crippen LogP contribution in [0.3, 0.4) is 0 Å². The van der Waals surface area contributed by atoms with Gasteiger partial charge in [0.2, 0.25) is 10.0 Å². The Balaban J connectivity index is 1.28. The zero-order valence-electron chi connectivity index (χ0n) is 21.1. The Morgan fingerprint density at radius 1 is 1.11 bits per heavy atom. The van der Waals surface area contributed by atoms with Crippen molar-refractivity contribution < 1.29 is 22.4 Å². The standard InChI is InChI=1S/C26H29N5O5S2/c1-34-23-9-3-2-8-20(23)25-28-24(29-36-25)17-37-26-27-21-15-19(38(32,33)30-12-4-5-13-30)10-11-22(21)31(26)16-18-7-6-14-35-18/h2-3,8-11,15,18H,4-7,12-14,16-17H2,1H3. The molecule has 2 aromatic carbocycles. The van der Waals surface area contributed by atoms with Crippen LogP contribution in [0, 0.1) is 0 Å². The first-order valence-electron chi connectivity index (χ1n) is 12.7. The first-order chi connectivity index (χ1) is 18.5. The van der Waals surface area contributed by atoms with E-state index >= 15 is 0 Å². The maximum atomic E-state index is 13.2. The molecule has 0 spiro atoms. The minimum atomic E-state index is -3.53. The van der Waals surface area contributed by atoms with Crippen LogP contribution in [0.25, 0.3) is 22.5 Å². The number of fused-ring (bicyclic) bond motifs is 1. The summed E-state index contributed by atoms with van der Waals surface area (Å²) in [5.74, 6) is 2.02. The predicted molar refractivity (Wildman–Crippen MR) is 143 cm³/mol. The van der Waals surface area contributed by atoms with Crippen LogP contribution in [0.1, 0.15) is 31.5 Å². The highest BCUT2D eigenvalue weighted by Gasteiger charge is 2.28. The lowest BCUT2D eigenvalue weighted by Crippen LogP contribution is -2.27. The van der Waals surface area contributed by atoms with E-state index in [-0.39, 0.29) is 11.0 Å². The topological polar surface area (TPSA) is 113 Å². The van der Waals surface area contributed by atoms with E-state index in [4.69, 9.17) is 19.0 Å². The molecule has 0 radical (unpaired) electrons. The zero-order valence-corrected chi connectivity index (χ0v) is 22.7. The molecule has 0 bridgehead atoms. The quantitative estimate of drug-likeness (QED) is 0.278. The fourth-order valence-electron chi connectivity index (χ4n) is 4.98. The molecule has 2 fully saturated rings. The Hall–Kier alpha value is -2.93. The summed E-state index contributed by atoms with van der Waals surface area (Å²) in [7, 11) is -1.93. The molecular weight excluding hydrogens is 526 g/mol. The summed E-state index contributed by atoms with van der Waals surface area (Å²) in [5.41, 5.74) is 2.26. The van der Waals surface area contributed by atoms with Crippen molar-refractivity contribution in [2.75, 3.05) is 26.8 Å². The van der Waals surface area contributed by atoms with Gasteiger partial charge < -0.3 is 18.6 Å². The fourth-order valence-corrected chi connectivity index (χ4v) is 7.38. The van der Waals surface area contributed by atoms with Crippen LogP contribution in [0.5, 0.6) is 5.75 Å². The molecule has 0 aliphatic carbocycles. The molecule has 2 saturated heterocycles. The van der Waals surface area contributed by atoms with Gasteiger partial charge in [0.25, 0.3) is 5.89 Å². The van der Waals surface area contributed by atoms with E-state index < -0.39 is 10.0 Å². The molecule has 1 atom stereocenters. The summed E-state index contributed by atoms with van der Waals surface area (Å²) in [6.45, 7) is 2.54. The normalized spacial score (nSPS) is 18.5. The maximum Gasteiger partial charge on any atom is 0.261 e. The van der Waals surface area contributed by atoms with E-state index in [0.717, 1.165) is 48.5 Å². The first-order valence-corrected chi connectivity index (χ1v) is 15.2. The average molecular weight is 556 g/mol. The minimum Gasteiger partial charge on any atom is -0.496 e. The number of rotatable bonds is 9. The number of nitrogens with zero attached hydrogens (tertiary/aromatic N) is 5. The Labute approximate surface area is 225 Å². The van der Waals surface area contributed by atoms with Crippen LogP contribution in [0.4, 0.5) is 0 Å². The summed E-state index contributed by atoms with van der Waals surface area (Å²) in [6.07, 6.45) is 3.91. The molecule has 0 N–H and O–H groups in total. The van der Waals surface area contributed by atoms with Crippen molar-refractivity contribution in [2.24, 2.45) is 0 Å². The SMILES string of the molecule is COc1ccccc1-c1nc(CSc2nc3cc(S(=O)(=O)N4CCCC4)ccc3n2CC2CCCO2)no1. The molecule has 4 aromatic rings.